The third-order valence-corrected chi connectivity index (χ3v) is 8.97. The molecular formula is C36H36Cl2N6O3. The van der Waals surface area contributed by atoms with Gasteiger partial charge in [0.1, 0.15) is 36.0 Å². The molecule has 2 fully saturated rings. The van der Waals surface area contributed by atoms with Crippen molar-refractivity contribution in [2.24, 2.45) is 0 Å². The van der Waals surface area contributed by atoms with Gasteiger partial charge < -0.3 is 30.3 Å². The summed E-state index contributed by atoms with van der Waals surface area (Å²) < 4.78 is 12.4. The predicted octanol–water partition coefficient (Wildman–Crippen LogP) is 7.46. The molecular weight excluding hydrogens is 635 g/mol. The van der Waals surface area contributed by atoms with Gasteiger partial charge in [0, 0.05) is 41.5 Å². The number of fused-ring (bicyclic) bond motifs is 1. The molecule has 4 aromatic rings. The van der Waals surface area contributed by atoms with E-state index in [0.29, 0.717) is 61.7 Å². The van der Waals surface area contributed by atoms with Crippen LogP contribution in [0.5, 0.6) is 11.5 Å². The first-order valence-corrected chi connectivity index (χ1v) is 16.5. The highest BCUT2D eigenvalue weighted by molar-refractivity contribution is 6.32. The van der Waals surface area contributed by atoms with Gasteiger partial charge in [-0.3, -0.25) is 9.78 Å². The number of aromatic nitrogens is 1. The van der Waals surface area contributed by atoms with Crippen LogP contribution in [0.4, 0.5) is 17.1 Å². The fraction of sp³-hybridized carbons (Fsp3) is 0.306. The van der Waals surface area contributed by atoms with Gasteiger partial charge in [-0.15, -0.1) is 0 Å². The number of rotatable bonds is 9. The molecule has 1 aromatic heterocycles. The fourth-order valence-corrected chi connectivity index (χ4v) is 6.15. The molecule has 0 bridgehead atoms. The molecule has 3 heterocycles. The molecule has 0 saturated carbocycles. The number of carbonyl (C=O) groups is 1. The molecule has 0 aliphatic carbocycles. The molecule has 0 radical (unpaired) electrons. The average molecular weight is 672 g/mol. The van der Waals surface area contributed by atoms with Crippen molar-refractivity contribution < 1.29 is 14.3 Å². The van der Waals surface area contributed by atoms with Crippen molar-refractivity contribution in [3.05, 3.63) is 93.6 Å². The Morgan fingerprint density at radius 3 is 2.53 bits per heavy atom. The molecule has 11 heteroatoms. The molecule has 6 rings (SSSR count). The van der Waals surface area contributed by atoms with Crippen molar-refractivity contribution in [2.45, 2.75) is 38.4 Å². The Balaban J connectivity index is 1.31. The predicted molar refractivity (Wildman–Crippen MR) is 187 cm³/mol. The van der Waals surface area contributed by atoms with Crippen LogP contribution < -0.4 is 25.4 Å². The Hall–Kier alpha value is -4.33. The van der Waals surface area contributed by atoms with Crippen LogP contribution in [0.25, 0.3) is 10.9 Å². The Bertz CT molecular complexity index is 1820. The van der Waals surface area contributed by atoms with Gasteiger partial charge in [0.2, 0.25) is 5.91 Å². The van der Waals surface area contributed by atoms with Gasteiger partial charge in [-0.2, -0.15) is 5.26 Å². The minimum absolute atomic E-state index is 0.0145. The number of nitrogens with one attached hydrogen (secondary N) is 3. The molecule has 0 atom stereocenters. The number of halogens is 2. The van der Waals surface area contributed by atoms with E-state index in [4.69, 9.17) is 32.7 Å². The number of anilines is 3. The quantitative estimate of drug-likeness (QED) is 0.157. The van der Waals surface area contributed by atoms with Crippen molar-refractivity contribution in [1.82, 2.24) is 15.2 Å². The molecule has 3 aromatic carbocycles. The van der Waals surface area contributed by atoms with Crippen LogP contribution in [0.15, 0.2) is 72.4 Å². The summed E-state index contributed by atoms with van der Waals surface area (Å²) in [6, 6.07) is 18.8. The second-order valence-corrected chi connectivity index (χ2v) is 12.7. The lowest BCUT2D eigenvalue weighted by Crippen LogP contribution is -2.35. The Morgan fingerprint density at radius 2 is 1.81 bits per heavy atom. The third kappa shape index (κ3) is 8.16. The van der Waals surface area contributed by atoms with E-state index in [2.05, 4.69) is 39.0 Å². The lowest BCUT2D eigenvalue weighted by molar-refractivity contribution is -0.112. The highest BCUT2D eigenvalue weighted by Crippen LogP contribution is 2.40. The first kappa shape index (κ1) is 32.6. The first-order chi connectivity index (χ1) is 22.9. The standard InChI is InChI=1S/C36H36Cl2N6O3/c1-44-16-12-28(13-17-44)47-32-9-7-29-34(42-27-6-8-31(30(38)19-27)46-22-24-2-4-26(37)5-3-24)25(20-39)21-41-35(29)36(32)43-33(45)18-23-10-14-40-15-11-23/h2-9,18-19,21,28,40H,10-17,22H2,1H3,(H,41,42)(H,43,45). The zero-order chi connectivity index (χ0) is 32.8. The number of benzene rings is 3. The van der Waals surface area contributed by atoms with Gasteiger partial charge >= 0.3 is 0 Å². The van der Waals surface area contributed by atoms with Gasteiger partial charge in [0.25, 0.3) is 0 Å². The number of ether oxygens (including phenoxy) is 2. The Labute approximate surface area is 284 Å². The van der Waals surface area contributed by atoms with E-state index in [1.807, 2.05) is 42.5 Å². The van der Waals surface area contributed by atoms with E-state index in [1.54, 1.807) is 18.2 Å². The van der Waals surface area contributed by atoms with Crippen molar-refractivity contribution in [1.29, 1.82) is 5.26 Å². The SMILES string of the molecule is CN1CCC(Oc2ccc3c(Nc4ccc(OCc5ccc(Cl)cc5)c(Cl)c4)c(C#N)cnc3c2NC(=O)C=C2CCNCC2)CC1. The number of pyridine rings is 1. The normalized spacial score (nSPS) is 15.6. The Kier molecular flexibility index (Phi) is 10.4. The largest absolute Gasteiger partial charge is 0.488 e. The number of hydrogen-bond donors (Lipinski definition) is 3. The molecule has 3 N–H and O–H groups in total. The number of hydrogen-bond acceptors (Lipinski definition) is 8. The molecule has 2 saturated heterocycles. The zero-order valence-corrected chi connectivity index (χ0v) is 27.6. The summed E-state index contributed by atoms with van der Waals surface area (Å²) in [4.78, 5) is 20.3. The van der Waals surface area contributed by atoms with Crippen molar-refractivity contribution in [3.63, 3.8) is 0 Å². The van der Waals surface area contributed by atoms with E-state index in [-0.39, 0.29) is 12.0 Å². The molecule has 47 heavy (non-hydrogen) atoms. The summed E-state index contributed by atoms with van der Waals surface area (Å²) in [5.74, 6) is 0.845. The van der Waals surface area contributed by atoms with Gasteiger partial charge in [-0.1, -0.05) is 40.9 Å². The summed E-state index contributed by atoms with van der Waals surface area (Å²) in [6.07, 6.45) is 6.62. The van der Waals surface area contributed by atoms with E-state index in [9.17, 15) is 10.1 Å². The molecule has 242 valence electrons. The number of nitrogens with zero attached hydrogens (tertiary/aromatic N) is 3. The van der Waals surface area contributed by atoms with Crippen molar-refractivity contribution in [2.75, 3.05) is 43.9 Å². The Morgan fingerprint density at radius 1 is 1.06 bits per heavy atom. The van der Waals surface area contributed by atoms with Crippen LogP contribution >= 0.6 is 23.2 Å². The zero-order valence-electron chi connectivity index (χ0n) is 26.1. The lowest BCUT2D eigenvalue weighted by atomic mass is 10.0. The summed E-state index contributed by atoms with van der Waals surface area (Å²) in [7, 11) is 2.10. The van der Waals surface area contributed by atoms with Gasteiger partial charge in [0.05, 0.1) is 21.8 Å². The van der Waals surface area contributed by atoms with E-state index in [1.165, 1.54) is 6.20 Å². The second kappa shape index (κ2) is 15.1. The van der Waals surface area contributed by atoms with E-state index in [0.717, 1.165) is 63.0 Å². The topological polar surface area (TPSA) is 112 Å². The minimum Gasteiger partial charge on any atom is -0.488 e. The molecule has 9 nitrogen and oxygen atoms in total. The molecule has 2 aliphatic rings. The van der Waals surface area contributed by atoms with Crippen LogP contribution in [0, 0.1) is 11.3 Å². The monoisotopic (exact) mass is 670 g/mol. The fourth-order valence-electron chi connectivity index (χ4n) is 5.79. The van der Waals surface area contributed by atoms with Crippen molar-refractivity contribution >= 4 is 57.1 Å². The molecule has 1 amide bonds. The van der Waals surface area contributed by atoms with Gasteiger partial charge in [-0.05, 0) is 93.8 Å². The average Bonchev–Trinajstić information content (AvgIpc) is 3.07. The maximum atomic E-state index is 13.3. The van der Waals surface area contributed by atoms with Crippen molar-refractivity contribution in [3.8, 4) is 17.6 Å². The summed E-state index contributed by atoms with van der Waals surface area (Å²) in [5, 5.41) is 21.5. The maximum absolute atomic E-state index is 13.3. The smallest absolute Gasteiger partial charge is 0.248 e. The molecule has 0 spiro atoms. The van der Waals surface area contributed by atoms with Crippen LogP contribution in [-0.4, -0.2) is 55.1 Å². The highest BCUT2D eigenvalue weighted by Gasteiger charge is 2.23. The van der Waals surface area contributed by atoms with Crippen LogP contribution in [0.3, 0.4) is 0 Å². The second-order valence-electron chi connectivity index (χ2n) is 11.8. The first-order valence-electron chi connectivity index (χ1n) is 15.7. The van der Waals surface area contributed by atoms with Crippen LogP contribution in [0.2, 0.25) is 10.0 Å². The summed E-state index contributed by atoms with van der Waals surface area (Å²) >= 11 is 12.6. The van der Waals surface area contributed by atoms with Crippen LogP contribution in [-0.2, 0) is 11.4 Å². The van der Waals surface area contributed by atoms with Crippen LogP contribution in [0.1, 0.15) is 36.8 Å². The number of likely N-dealkylation sites (tertiary alicyclic amines) is 1. The van der Waals surface area contributed by atoms with Gasteiger partial charge in [0.15, 0.2) is 0 Å². The highest BCUT2D eigenvalue weighted by atomic mass is 35.5. The third-order valence-electron chi connectivity index (χ3n) is 8.42. The summed E-state index contributed by atoms with van der Waals surface area (Å²) in [5.41, 5.74) is 4.60. The molecule has 2 aliphatic heterocycles. The minimum atomic E-state index is -0.232. The van der Waals surface area contributed by atoms with E-state index < -0.39 is 0 Å². The number of carbonyl (C=O) groups excluding carboxylic acids is 1. The number of nitriles is 1. The number of amides is 1. The maximum Gasteiger partial charge on any atom is 0.248 e. The van der Waals surface area contributed by atoms with E-state index >= 15 is 0 Å². The molecule has 0 unspecified atom stereocenters. The number of piperidine rings is 2. The summed E-state index contributed by atoms with van der Waals surface area (Å²) in [6.45, 7) is 3.91. The van der Waals surface area contributed by atoms with Gasteiger partial charge in [-0.25, -0.2) is 0 Å². The lowest BCUT2D eigenvalue weighted by Gasteiger charge is -2.30.